The molecule has 0 radical (unpaired) electrons. The number of carbonyl (C=O) groups is 1. The van der Waals surface area contributed by atoms with E-state index in [2.05, 4.69) is 11.3 Å². The van der Waals surface area contributed by atoms with Crippen LogP contribution in [0.4, 0.5) is 13.2 Å². The van der Waals surface area contributed by atoms with Crippen LogP contribution in [-0.2, 0) is 14.3 Å². The number of carbonyl (C=O) groups excluding carboxylic acids is 1. The molecular weight excluding hydrogens is 213 g/mol. The summed E-state index contributed by atoms with van der Waals surface area (Å²) in [7, 11) is 0. The van der Waals surface area contributed by atoms with E-state index in [1.54, 1.807) is 0 Å². The molecule has 1 rings (SSSR count). The Morgan fingerprint density at radius 1 is 1.67 bits per heavy atom. The van der Waals surface area contributed by atoms with Gasteiger partial charge in [-0.15, -0.1) is 0 Å². The number of alkyl halides is 3. The molecule has 0 N–H and O–H groups in total. The van der Waals surface area contributed by atoms with Crippen molar-refractivity contribution in [1.29, 1.82) is 0 Å². The maximum atomic E-state index is 12.2. The van der Waals surface area contributed by atoms with E-state index in [0.717, 1.165) is 6.08 Å². The Labute approximate surface area is 84.8 Å². The van der Waals surface area contributed by atoms with Crippen LogP contribution in [0.25, 0.3) is 0 Å². The lowest BCUT2D eigenvalue weighted by Crippen LogP contribution is -2.54. The molecule has 0 aromatic carbocycles. The normalized spacial score (nSPS) is 27.7. The highest BCUT2D eigenvalue weighted by Crippen LogP contribution is 2.37. The van der Waals surface area contributed by atoms with Gasteiger partial charge in [0.25, 0.3) is 0 Å². The van der Waals surface area contributed by atoms with E-state index in [1.807, 2.05) is 0 Å². The molecule has 1 aliphatic heterocycles. The van der Waals surface area contributed by atoms with Crippen LogP contribution >= 0.6 is 0 Å². The molecule has 0 aromatic rings. The highest BCUT2D eigenvalue weighted by molar-refractivity contribution is 5.81. The van der Waals surface area contributed by atoms with Crippen LogP contribution in [0, 0.1) is 5.92 Å². The summed E-state index contributed by atoms with van der Waals surface area (Å²) in [5.41, 5.74) is 0. The monoisotopic (exact) mass is 224 g/mol. The largest absolute Gasteiger partial charge is 0.459 e. The predicted octanol–water partition coefficient (Wildman–Crippen LogP) is 1.68. The zero-order valence-electron chi connectivity index (χ0n) is 8.08. The molecule has 1 saturated heterocycles. The quantitative estimate of drug-likeness (QED) is 0.540. The van der Waals surface area contributed by atoms with E-state index in [-0.39, 0.29) is 6.61 Å². The second kappa shape index (κ2) is 4.22. The standard InChI is InChI=1S/C9H11F3O3/c1-3-7(13)15-5(2)6-4-14-8(6)9(10,11)12/h3,5-6,8H,1,4H2,2H3. The highest BCUT2D eigenvalue weighted by atomic mass is 19.4. The fraction of sp³-hybridized carbons (Fsp3) is 0.667. The first kappa shape index (κ1) is 12.0. The Bertz CT molecular complexity index is 262. The minimum Gasteiger partial charge on any atom is -0.459 e. The Hall–Kier alpha value is -1.04. The summed E-state index contributed by atoms with van der Waals surface area (Å²) in [6.45, 7) is 4.52. The number of ether oxygens (including phenoxy) is 2. The summed E-state index contributed by atoms with van der Waals surface area (Å²) < 4.78 is 45.8. The van der Waals surface area contributed by atoms with Crippen LogP contribution in [0.3, 0.4) is 0 Å². The van der Waals surface area contributed by atoms with Crippen LogP contribution in [0.5, 0.6) is 0 Å². The maximum absolute atomic E-state index is 12.2. The van der Waals surface area contributed by atoms with Crippen molar-refractivity contribution in [2.24, 2.45) is 5.92 Å². The molecular formula is C9H11F3O3. The first-order chi connectivity index (χ1) is 6.86. The van der Waals surface area contributed by atoms with Gasteiger partial charge in [-0.1, -0.05) is 6.58 Å². The van der Waals surface area contributed by atoms with Crippen LogP contribution in [-0.4, -0.2) is 31.0 Å². The molecule has 3 nitrogen and oxygen atoms in total. The molecule has 0 amide bonds. The van der Waals surface area contributed by atoms with Crippen LogP contribution in [0.1, 0.15) is 6.92 Å². The molecule has 86 valence electrons. The summed E-state index contributed by atoms with van der Waals surface area (Å²) in [6, 6.07) is 0. The van der Waals surface area contributed by atoms with Crippen molar-refractivity contribution in [1.82, 2.24) is 0 Å². The first-order valence-electron chi connectivity index (χ1n) is 4.37. The van der Waals surface area contributed by atoms with E-state index in [1.165, 1.54) is 6.92 Å². The molecule has 3 atom stereocenters. The number of hydrogen-bond donors (Lipinski definition) is 0. The van der Waals surface area contributed by atoms with Gasteiger partial charge in [-0.25, -0.2) is 4.79 Å². The molecule has 0 bridgehead atoms. The van der Waals surface area contributed by atoms with E-state index in [9.17, 15) is 18.0 Å². The van der Waals surface area contributed by atoms with Gasteiger partial charge in [-0.05, 0) is 6.92 Å². The third-order valence-electron chi connectivity index (χ3n) is 2.25. The topological polar surface area (TPSA) is 35.5 Å². The van der Waals surface area contributed by atoms with Gasteiger partial charge in [0.1, 0.15) is 6.10 Å². The van der Waals surface area contributed by atoms with Crippen molar-refractivity contribution in [3.63, 3.8) is 0 Å². The third kappa shape index (κ3) is 2.71. The van der Waals surface area contributed by atoms with E-state index in [0.29, 0.717) is 0 Å². The van der Waals surface area contributed by atoms with Gasteiger partial charge in [0.05, 0.1) is 12.5 Å². The summed E-state index contributed by atoms with van der Waals surface area (Å²) in [5, 5.41) is 0. The van der Waals surface area contributed by atoms with Gasteiger partial charge in [-0.3, -0.25) is 0 Å². The van der Waals surface area contributed by atoms with E-state index >= 15 is 0 Å². The van der Waals surface area contributed by atoms with Gasteiger partial charge in [0.2, 0.25) is 0 Å². The SMILES string of the molecule is C=CC(=O)OC(C)C1COC1C(F)(F)F. The van der Waals surface area contributed by atoms with E-state index < -0.39 is 30.3 Å². The minimum atomic E-state index is -4.40. The van der Waals surface area contributed by atoms with Crippen molar-refractivity contribution in [3.8, 4) is 0 Å². The van der Waals surface area contributed by atoms with Gasteiger partial charge in [-0.2, -0.15) is 13.2 Å². The molecule has 0 aromatic heterocycles. The highest BCUT2D eigenvalue weighted by Gasteiger charge is 2.54. The smallest absolute Gasteiger partial charge is 0.415 e. The second-order valence-electron chi connectivity index (χ2n) is 3.31. The average Bonchev–Trinajstić information content (AvgIpc) is 1.98. The first-order valence-corrected chi connectivity index (χ1v) is 4.37. The lowest BCUT2D eigenvalue weighted by atomic mass is 9.92. The summed E-state index contributed by atoms with van der Waals surface area (Å²) >= 11 is 0. The fourth-order valence-corrected chi connectivity index (χ4v) is 1.34. The number of hydrogen-bond acceptors (Lipinski definition) is 3. The van der Waals surface area contributed by atoms with Gasteiger partial charge in [0, 0.05) is 6.08 Å². The van der Waals surface area contributed by atoms with Crippen LogP contribution in [0.15, 0.2) is 12.7 Å². The number of rotatable bonds is 3. The van der Waals surface area contributed by atoms with Crippen molar-refractivity contribution in [2.75, 3.05) is 6.61 Å². The predicted molar refractivity (Wildman–Crippen MR) is 45.0 cm³/mol. The van der Waals surface area contributed by atoms with Crippen molar-refractivity contribution < 1.29 is 27.4 Å². The number of esters is 1. The van der Waals surface area contributed by atoms with Crippen molar-refractivity contribution >= 4 is 5.97 Å². The molecule has 0 aliphatic carbocycles. The Morgan fingerprint density at radius 3 is 2.60 bits per heavy atom. The molecule has 0 saturated carbocycles. The van der Waals surface area contributed by atoms with E-state index in [4.69, 9.17) is 4.74 Å². The maximum Gasteiger partial charge on any atom is 0.415 e. The Kier molecular flexibility index (Phi) is 3.38. The molecule has 0 spiro atoms. The van der Waals surface area contributed by atoms with Gasteiger partial charge < -0.3 is 9.47 Å². The Balaban J connectivity index is 2.51. The second-order valence-corrected chi connectivity index (χ2v) is 3.31. The van der Waals surface area contributed by atoms with Crippen LogP contribution < -0.4 is 0 Å². The third-order valence-corrected chi connectivity index (χ3v) is 2.25. The number of halogens is 3. The molecule has 1 aliphatic rings. The fourth-order valence-electron chi connectivity index (χ4n) is 1.34. The van der Waals surface area contributed by atoms with Crippen molar-refractivity contribution in [3.05, 3.63) is 12.7 Å². The van der Waals surface area contributed by atoms with Gasteiger partial charge in [0.15, 0.2) is 6.10 Å². The molecule has 3 unspecified atom stereocenters. The summed E-state index contributed by atoms with van der Waals surface area (Å²) in [6.07, 6.45) is -6.14. The molecule has 6 heteroatoms. The minimum absolute atomic E-state index is 0.0459. The summed E-state index contributed by atoms with van der Waals surface area (Å²) in [4.78, 5) is 10.8. The molecule has 1 fully saturated rings. The zero-order valence-corrected chi connectivity index (χ0v) is 8.08. The lowest BCUT2D eigenvalue weighted by molar-refractivity contribution is -0.301. The molecule has 15 heavy (non-hydrogen) atoms. The summed E-state index contributed by atoms with van der Waals surface area (Å²) in [5.74, 6) is -1.55. The lowest BCUT2D eigenvalue weighted by Gasteiger charge is -2.40. The molecule has 1 heterocycles. The van der Waals surface area contributed by atoms with Gasteiger partial charge >= 0.3 is 12.1 Å². The average molecular weight is 224 g/mol. The Morgan fingerprint density at radius 2 is 2.27 bits per heavy atom. The zero-order chi connectivity index (χ0) is 11.6. The van der Waals surface area contributed by atoms with Crippen LogP contribution in [0.2, 0.25) is 0 Å². The van der Waals surface area contributed by atoms with Crippen molar-refractivity contribution in [2.45, 2.75) is 25.3 Å².